The number of hydrogen-bond acceptors (Lipinski definition) is 4. The molecule has 0 radical (unpaired) electrons. The van der Waals surface area contributed by atoms with Crippen LogP contribution in [-0.4, -0.2) is 27.0 Å². The molecular weight excluding hydrogens is 305 g/mol. The van der Waals surface area contributed by atoms with Gasteiger partial charge in [-0.1, -0.05) is 23.2 Å². The molecule has 0 aliphatic rings. The predicted octanol–water partition coefficient (Wildman–Crippen LogP) is 2.73. The summed E-state index contributed by atoms with van der Waals surface area (Å²) in [4.78, 5) is 30.5. The molecule has 2 N–H and O–H groups in total. The van der Waals surface area contributed by atoms with Crippen molar-refractivity contribution < 1.29 is 14.7 Å². The summed E-state index contributed by atoms with van der Waals surface area (Å²) >= 11 is 11.3. The number of aromatic carboxylic acids is 1. The largest absolute Gasteiger partial charge is 0.478 e. The van der Waals surface area contributed by atoms with Gasteiger partial charge in [-0.05, 0) is 18.2 Å². The lowest BCUT2D eigenvalue weighted by atomic mass is 10.1. The number of nitrogens with zero attached hydrogens (tertiary/aromatic N) is 2. The number of nitrogens with one attached hydrogen (secondary N) is 1. The minimum atomic E-state index is -1.20. The number of carboxylic acids is 1. The van der Waals surface area contributed by atoms with E-state index in [0.717, 1.165) is 0 Å². The molecule has 0 bridgehead atoms. The fraction of sp³-hybridized carbons (Fsp3) is 0. The van der Waals surface area contributed by atoms with Crippen LogP contribution in [0.4, 0.5) is 5.69 Å². The van der Waals surface area contributed by atoms with Crippen molar-refractivity contribution in [1.29, 1.82) is 0 Å². The number of hydrogen-bond donors (Lipinski definition) is 2. The second-order valence-electron chi connectivity index (χ2n) is 3.67. The molecule has 0 aliphatic carbocycles. The fourth-order valence-electron chi connectivity index (χ4n) is 1.42. The Labute approximate surface area is 123 Å². The summed E-state index contributed by atoms with van der Waals surface area (Å²) in [5.74, 6) is -1.80. The van der Waals surface area contributed by atoms with Gasteiger partial charge in [-0.2, -0.15) is 0 Å². The van der Waals surface area contributed by atoms with E-state index in [9.17, 15) is 9.59 Å². The molecule has 6 nitrogen and oxygen atoms in total. The third-order valence-corrected chi connectivity index (χ3v) is 2.74. The van der Waals surface area contributed by atoms with E-state index in [1.165, 1.54) is 30.6 Å². The second-order valence-corrected chi connectivity index (χ2v) is 4.50. The Bertz CT molecular complexity index is 674. The van der Waals surface area contributed by atoms with Gasteiger partial charge >= 0.3 is 5.97 Å². The van der Waals surface area contributed by atoms with Crippen molar-refractivity contribution in [2.45, 2.75) is 0 Å². The molecular formula is C12H7Cl2N3O3. The van der Waals surface area contributed by atoms with Gasteiger partial charge < -0.3 is 10.4 Å². The van der Waals surface area contributed by atoms with Gasteiger partial charge in [0.25, 0.3) is 5.91 Å². The van der Waals surface area contributed by atoms with Crippen molar-refractivity contribution >= 4 is 40.8 Å². The highest BCUT2D eigenvalue weighted by Gasteiger charge is 2.15. The van der Waals surface area contributed by atoms with Crippen molar-refractivity contribution in [3.05, 3.63) is 52.0 Å². The number of aromatic nitrogens is 2. The van der Waals surface area contributed by atoms with Crippen molar-refractivity contribution in [3.63, 3.8) is 0 Å². The fourth-order valence-corrected chi connectivity index (χ4v) is 1.69. The van der Waals surface area contributed by atoms with Gasteiger partial charge in [-0.25, -0.2) is 14.8 Å². The highest BCUT2D eigenvalue weighted by Crippen LogP contribution is 2.21. The standard InChI is InChI=1S/C12H7Cl2N3O3/c13-6-1-2-8(7(3-6)12(19)20)17-11(18)9-4-16-10(14)5-15-9/h1-5H,(H,17,18)(H,19,20). The molecule has 0 atom stereocenters. The number of carboxylic acid groups (broad SMARTS) is 1. The summed E-state index contributed by atoms with van der Waals surface area (Å²) in [7, 11) is 0. The summed E-state index contributed by atoms with van der Waals surface area (Å²) in [5.41, 5.74) is 0.0112. The summed E-state index contributed by atoms with van der Waals surface area (Å²) in [6.45, 7) is 0. The van der Waals surface area contributed by atoms with Crippen LogP contribution in [0.1, 0.15) is 20.8 Å². The van der Waals surface area contributed by atoms with Crippen LogP contribution in [0.5, 0.6) is 0 Å². The first kappa shape index (κ1) is 14.2. The minimum absolute atomic E-state index is 0.0145. The first-order valence-corrected chi connectivity index (χ1v) is 6.04. The van der Waals surface area contributed by atoms with E-state index < -0.39 is 11.9 Å². The van der Waals surface area contributed by atoms with E-state index in [1.54, 1.807) is 0 Å². The van der Waals surface area contributed by atoms with Crippen LogP contribution >= 0.6 is 23.2 Å². The average Bonchev–Trinajstić information content (AvgIpc) is 2.41. The van der Waals surface area contributed by atoms with E-state index in [1.807, 2.05) is 0 Å². The lowest BCUT2D eigenvalue weighted by Crippen LogP contribution is -2.16. The number of carbonyl (C=O) groups is 2. The van der Waals surface area contributed by atoms with Crippen molar-refractivity contribution in [2.75, 3.05) is 5.32 Å². The Hall–Kier alpha value is -2.18. The minimum Gasteiger partial charge on any atom is -0.478 e. The van der Waals surface area contributed by atoms with Gasteiger partial charge in [0, 0.05) is 5.02 Å². The molecule has 2 aromatic rings. The van der Waals surface area contributed by atoms with Gasteiger partial charge in [0.15, 0.2) is 0 Å². The summed E-state index contributed by atoms with van der Waals surface area (Å²) in [5, 5.41) is 11.9. The highest BCUT2D eigenvalue weighted by atomic mass is 35.5. The van der Waals surface area contributed by atoms with Crippen molar-refractivity contribution in [1.82, 2.24) is 9.97 Å². The zero-order chi connectivity index (χ0) is 14.7. The normalized spacial score (nSPS) is 10.1. The molecule has 2 rings (SSSR count). The molecule has 0 spiro atoms. The van der Waals surface area contributed by atoms with Crippen LogP contribution in [0, 0.1) is 0 Å². The molecule has 8 heteroatoms. The SMILES string of the molecule is O=C(Nc1ccc(Cl)cc1C(=O)O)c1cnc(Cl)cn1. The van der Waals surface area contributed by atoms with Gasteiger partial charge in [0.1, 0.15) is 10.8 Å². The molecule has 0 fully saturated rings. The highest BCUT2D eigenvalue weighted by molar-refractivity contribution is 6.31. The van der Waals surface area contributed by atoms with Crippen LogP contribution in [0.3, 0.4) is 0 Å². The maximum atomic E-state index is 11.9. The molecule has 0 aliphatic heterocycles. The molecule has 1 aromatic carbocycles. The first-order chi connectivity index (χ1) is 9.47. The second kappa shape index (κ2) is 5.85. The van der Waals surface area contributed by atoms with Gasteiger partial charge in [-0.3, -0.25) is 4.79 Å². The van der Waals surface area contributed by atoms with Crippen LogP contribution < -0.4 is 5.32 Å². The molecule has 1 aromatic heterocycles. The Kier molecular flexibility index (Phi) is 4.16. The quantitative estimate of drug-likeness (QED) is 0.909. The first-order valence-electron chi connectivity index (χ1n) is 5.29. The number of anilines is 1. The molecule has 20 heavy (non-hydrogen) atoms. The summed E-state index contributed by atoms with van der Waals surface area (Å²) < 4.78 is 0. The molecule has 102 valence electrons. The number of carbonyl (C=O) groups excluding carboxylic acids is 1. The molecule has 1 amide bonds. The third kappa shape index (κ3) is 3.23. The Balaban J connectivity index is 2.28. The number of benzene rings is 1. The van der Waals surface area contributed by atoms with E-state index in [-0.39, 0.29) is 27.1 Å². The Morgan fingerprint density at radius 3 is 2.50 bits per heavy atom. The topological polar surface area (TPSA) is 92.2 Å². The van der Waals surface area contributed by atoms with E-state index in [0.29, 0.717) is 0 Å². The van der Waals surface area contributed by atoms with Gasteiger partial charge in [0.05, 0.1) is 23.6 Å². The predicted molar refractivity (Wildman–Crippen MR) is 73.4 cm³/mol. The Morgan fingerprint density at radius 1 is 1.15 bits per heavy atom. The van der Waals surface area contributed by atoms with E-state index in [4.69, 9.17) is 28.3 Å². The number of halogens is 2. The van der Waals surface area contributed by atoms with Gasteiger partial charge in [0.2, 0.25) is 0 Å². The molecule has 0 saturated heterocycles. The van der Waals surface area contributed by atoms with Crippen molar-refractivity contribution in [3.8, 4) is 0 Å². The number of amides is 1. The van der Waals surface area contributed by atoms with Crippen LogP contribution in [0.15, 0.2) is 30.6 Å². The lowest BCUT2D eigenvalue weighted by Gasteiger charge is -2.08. The monoisotopic (exact) mass is 311 g/mol. The third-order valence-electron chi connectivity index (χ3n) is 2.31. The molecule has 1 heterocycles. The maximum absolute atomic E-state index is 11.9. The van der Waals surface area contributed by atoms with Crippen LogP contribution in [0.2, 0.25) is 10.2 Å². The lowest BCUT2D eigenvalue weighted by molar-refractivity contribution is 0.0698. The van der Waals surface area contributed by atoms with Crippen LogP contribution in [-0.2, 0) is 0 Å². The van der Waals surface area contributed by atoms with E-state index >= 15 is 0 Å². The maximum Gasteiger partial charge on any atom is 0.337 e. The zero-order valence-corrected chi connectivity index (χ0v) is 11.3. The van der Waals surface area contributed by atoms with Gasteiger partial charge in [-0.15, -0.1) is 0 Å². The molecule has 0 saturated carbocycles. The van der Waals surface area contributed by atoms with E-state index in [2.05, 4.69) is 15.3 Å². The average molecular weight is 312 g/mol. The van der Waals surface area contributed by atoms with Crippen molar-refractivity contribution in [2.24, 2.45) is 0 Å². The Morgan fingerprint density at radius 2 is 1.90 bits per heavy atom. The zero-order valence-electron chi connectivity index (χ0n) is 9.80. The summed E-state index contributed by atoms with van der Waals surface area (Å²) in [6.07, 6.45) is 2.41. The number of rotatable bonds is 3. The van der Waals surface area contributed by atoms with Crippen LogP contribution in [0.25, 0.3) is 0 Å². The summed E-state index contributed by atoms with van der Waals surface area (Å²) in [6, 6.07) is 4.11. The molecule has 0 unspecified atom stereocenters. The smallest absolute Gasteiger partial charge is 0.337 e.